The van der Waals surface area contributed by atoms with Crippen LogP contribution in [0.5, 0.6) is 0 Å². The lowest BCUT2D eigenvalue weighted by molar-refractivity contribution is -0.119. The normalized spacial score (nSPS) is 28.5. The van der Waals surface area contributed by atoms with Gasteiger partial charge in [-0.1, -0.05) is 24.8 Å². The Balaban J connectivity index is 3.08. The Labute approximate surface area is 122 Å². The molecule has 1 amide bonds. The minimum absolute atomic E-state index is 0.0740. The zero-order valence-corrected chi connectivity index (χ0v) is 12.9. The van der Waals surface area contributed by atoms with E-state index in [1.807, 2.05) is 26.0 Å². The van der Waals surface area contributed by atoms with Crippen molar-refractivity contribution in [3.63, 3.8) is 0 Å². The molecule has 2 unspecified atom stereocenters. The summed E-state index contributed by atoms with van der Waals surface area (Å²) in [7, 11) is 0. The summed E-state index contributed by atoms with van der Waals surface area (Å²) in [5.74, 6) is -0.0233. The lowest BCUT2D eigenvalue weighted by Gasteiger charge is -2.41. The van der Waals surface area contributed by atoms with Gasteiger partial charge in [-0.15, -0.1) is 0 Å². The lowest BCUT2D eigenvalue weighted by Crippen LogP contribution is -2.47. The number of nitrogens with zero attached hydrogens (tertiary/aromatic N) is 1. The maximum atomic E-state index is 11.6. The summed E-state index contributed by atoms with van der Waals surface area (Å²) >= 11 is -2.09. The number of hydrogen-bond acceptors (Lipinski definition) is 2. The van der Waals surface area contributed by atoms with Crippen LogP contribution in [0.15, 0.2) is 36.1 Å². The Hall–Kier alpha value is -1.40. The average molecular weight is 298 g/mol. The van der Waals surface area contributed by atoms with Crippen molar-refractivity contribution in [3.8, 4) is 0 Å². The summed E-state index contributed by atoms with van der Waals surface area (Å²) in [6, 6.07) is -0.138. The maximum Gasteiger partial charge on any atom is 0.262 e. The van der Waals surface area contributed by atoms with Crippen molar-refractivity contribution in [1.29, 1.82) is 0 Å². The van der Waals surface area contributed by atoms with Crippen LogP contribution in [0, 0.1) is 5.92 Å². The van der Waals surface area contributed by atoms with Crippen LogP contribution in [0.1, 0.15) is 27.2 Å². The Morgan fingerprint density at radius 2 is 2.30 bits per heavy atom. The molecule has 0 radical (unpaired) electrons. The molecule has 1 aliphatic rings. The van der Waals surface area contributed by atoms with E-state index in [0.29, 0.717) is 6.54 Å². The predicted octanol–water partition coefficient (Wildman–Crippen LogP) is 1.99. The number of piperidine rings is 1. The minimum atomic E-state index is -2.09. The summed E-state index contributed by atoms with van der Waals surface area (Å²) in [6.07, 6.45) is 6.08. The standard InChI is InChI=1S/C14H22N2O3S/c1-5-7-12-8-13(9-15-11(4)17)10(3)16(20(18)19)14(12)6-2/h5-7,10,13H,1,8-9H2,2-4H3,(H,15,17)(H,18,19)/b12-7-,14-6+/t10-,13?/m1/s1. The molecule has 20 heavy (non-hydrogen) atoms. The van der Waals surface area contributed by atoms with Crippen LogP contribution in [0.4, 0.5) is 0 Å². The van der Waals surface area contributed by atoms with Crippen LogP contribution in [0.3, 0.4) is 0 Å². The monoisotopic (exact) mass is 298 g/mol. The smallest absolute Gasteiger partial charge is 0.262 e. The fourth-order valence-corrected chi connectivity index (χ4v) is 3.31. The first-order chi connectivity index (χ1) is 9.42. The predicted molar refractivity (Wildman–Crippen MR) is 80.9 cm³/mol. The van der Waals surface area contributed by atoms with Crippen LogP contribution in [-0.2, 0) is 16.1 Å². The first-order valence-electron chi connectivity index (χ1n) is 6.55. The van der Waals surface area contributed by atoms with E-state index >= 15 is 0 Å². The molecule has 2 N–H and O–H groups in total. The number of allylic oxidation sites excluding steroid dienone is 4. The van der Waals surface area contributed by atoms with E-state index in [2.05, 4.69) is 11.9 Å². The molecule has 1 aliphatic heterocycles. The van der Waals surface area contributed by atoms with E-state index in [1.165, 1.54) is 11.2 Å². The Morgan fingerprint density at radius 1 is 1.65 bits per heavy atom. The van der Waals surface area contributed by atoms with Crippen molar-refractivity contribution in [2.75, 3.05) is 6.54 Å². The summed E-state index contributed by atoms with van der Waals surface area (Å²) in [5.41, 5.74) is 1.70. The Kier molecular flexibility index (Phi) is 6.16. The number of carbonyl (C=O) groups is 1. The highest BCUT2D eigenvalue weighted by molar-refractivity contribution is 7.76. The second-order valence-corrected chi connectivity index (χ2v) is 5.65. The molecule has 6 heteroatoms. The molecule has 0 bridgehead atoms. The van der Waals surface area contributed by atoms with Crippen molar-refractivity contribution in [1.82, 2.24) is 9.62 Å². The third-order valence-electron chi connectivity index (χ3n) is 3.47. The number of amides is 1. The van der Waals surface area contributed by atoms with Crippen molar-refractivity contribution in [2.45, 2.75) is 33.2 Å². The molecule has 0 saturated carbocycles. The molecule has 1 fully saturated rings. The van der Waals surface area contributed by atoms with Crippen LogP contribution in [0.25, 0.3) is 0 Å². The molecule has 0 aromatic heterocycles. The molecule has 0 spiro atoms. The average Bonchev–Trinajstić information content (AvgIpc) is 2.37. The van der Waals surface area contributed by atoms with Crippen molar-refractivity contribution in [3.05, 3.63) is 36.1 Å². The Morgan fingerprint density at radius 3 is 2.75 bits per heavy atom. The van der Waals surface area contributed by atoms with E-state index in [4.69, 9.17) is 0 Å². The maximum absolute atomic E-state index is 11.6. The summed E-state index contributed by atoms with van der Waals surface area (Å²) in [6.45, 7) is 9.37. The second kappa shape index (κ2) is 7.40. The molecule has 0 aromatic rings. The van der Waals surface area contributed by atoms with Crippen LogP contribution in [-0.4, -0.2) is 31.6 Å². The van der Waals surface area contributed by atoms with Gasteiger partial charge in [-0.3, -0.25) is 13.7 Å². The highest BCUT2D eigenvalue weighted by atomic mass is 32.2. The van der Waals surface area contributed by atoms with E-state index in [9.17, 15) is 13.6 Å². The molecule has 0 aromatic carbocycles. The topological polar surface area (TPSA) is 69.6 Å². The van der Waals surface area contributed by atoms with Crippen molar-refractivity contribution in [2.24, 2.45) is 5.92 Å². The van der Waals surface area contributed by atoms with Gasteiger partial charge in [0.2, 0.25) is 5.91 Å². The molecule has 1 rings (SSSR count). The van der Waals surface area contributed by atoms with Crippen LogP contribution < -0.4 is 5.32 Å². The first-order valence-corrected chi connectivity index (χ1v) is 7.61. The number of carbonyl (C=O) groups excluding carboxylic acids is 1. The third-order valence-corrected chi connectivity index (χ3v) is 4.34. The van der Waals surface area contributed by atoms with Gasteiger partial charge < -0.3 is 5.32 Å². The van der Waals surface area contributed by atoms with Gasteiger partial charge in [0.25, 0.3) is 11.3 Å². The minimum Gasteiger partial charge on any atom is -0.356 e. The van der Waals surface area contributed by atoms with Gasteiger partial charge in [0.1, 0.15) is 0 Å². The number of nitrogens with one attached hydrogen (secondary N) is 1. The Bertz CT molecular complexity index is 471. The van der Waals surface area contributed by atoms with E-state index < -0.39 is 11.3 Å². The van der Waals surface area contributed by atoms with Gasteiger partial charge in [-0.05, 0) is 25.8 Å². The zero-order chi connectivity index (χ0) is 15.3. The number of rotatable bonds is 4. The quantitative estimate of drug-likeness (QED) is 0.780. The highest BCUT2D eigenvalue weighted by Gasteiger charge is 2.35. The van der Waals surface area contributed by atoms with Gasteiger partial charge in [0, 0.05) is 25.4 Å². The summed E-state index contributed by atoms with van der Waals surface area (Å²) in [5, 5.41) is 2.78. The van der Waals surface area contributed by atoms with Crippen LogP contribution in [0.2, 0.25) is 0 Å². The highest BCUT2D eigenvalue weighted by Crippen LogP contribution is 2.35. The first kappa shape index (κ1) is 16.7. The molecular formula is C14H22N2O3S. The molecule has 0 aliphatic carbocycles. The molecular weight excluding hydrogens is 276 g/mol. The fraction of sp³-hybridized carbons (Fsp3) is 0.500. The van der Waals surface area contributed by atoms with Crippen LogP contribution >= 0.6 is 0 Å². The zero-order valence-electron chi connectivity index (χ0n) is 12.1. The lowest BCUT2D eigenvalue weighted by atomic mass is 9.86. The van der Waals surface area contributed by atoms with Gasteiger partial charge in [-0.2, -0.15) is 0 Å². The van der Waals surface area contributed by atoms with E-state index in [1.54, 1.807) is 6.08 Å². The van der Waals surface area contributed by atoms with E-state index in [0.717, 1.165) is 17.7 Å². The largest absolute Gasteiger partial charge is 0.356 e. The summed E-state index contributed by atoms with van der Waals surface area (Å²) in [4.78, 5) is 11.1. The third kappa shape index (κ3) is 3.80. The van der Waals surface area contributed by atoms with E-state index in [-0.39, 0.29) is 17.9 Å². The molecule has 3 atom stereocenters. The molecule has 1 saturated heterocycles. The SMILES string of the molecule is C=C/C=C1/CC(CNC(C)=O)[C@@H](C)N(S(=O)O)/C1=C/C. The second-order valence-electron chi connectivity index (χ2n) is 4.80. The van der Waals surface area contributed by atoms with Gasteiger partial charge >= 0.3 is 0 Å². The number of hydrogen-bond donors (Lipinski definition) is 2. The van der Waals surface area contributed by atoms with Gasteiger partial charge in [0.15, 0.2) is 0 Å². The van der Waals surface area contributed by atoms with Crippen molar-refractivity contribution < 1.29 is 13.6 Å². The molecule has 1 heterocycles. The van der Waals surface area contributed by atoms with Gasteiger partial charge in [0.05, 0.1) is 5.70 Å². The summed E-state index contributed by atoms with van der Waals surface area (Å²) < 4.78 is 22.6. The molecule has 112 valence electrons. The molecule has 5 nitrogen and oxygen atoms in total. The van der Waals surface area contributed by atoms with Gasteiger partial charge in [-0.25, -0.2) is 4.21 Å². The van der Waals surface area contributed by atoms with Crippen molar-refractivity contribution >= 4 is 17.2 Å². The fourth-order valence-electron chi connectivity index (χ4n) is 2.46.